The predicted molar refractivity (Wildman–Crippen MR) is 43.3 cm³/mol. The fourth-order valence-corrected chi connectivity index (χ4v) is 0. The van der Waals surface area contributed by atoms with E-state index in [0.717, 1.165) is 0 Å². The van der Waals surface area contributed by atoms with Crippen molar-refractivity contribution in [3.63, 3.8) is 0 Å². The van der Waals surface area contributed by atoms with E-state index in [9.17, 15) is 19.6 Å². The van der Waals surface area contributed by atoms with Crippen LogP contribution in [0.2, 0.25) is 0 Å². The molecule has 0 saturated carbocycles. The Labute approximate surface area is 129 Å². The molecule has 0 rings (SSSR count). The molecule has 0 aromatic carbocycles. The van der Waals surface area contributed by atoms with Crippen molar-refractivity contribution in [2.24, 2.45) is 0 Å². The Balaban J connectivity index is -0.0000000267. The molecule has 91 valence electrons. The van der Waals surface area contributed by atoms with Crippen LogP contribution in [0.1, 0.15) is 0 Å². The fourth-order valence-electron chi connectivity index (χ4n) is 0. The first-order chi connectivity index (χ1) is 4.00. The summed E-state index contributed by atoms with van der Waals surface area (Å²) in [6.07, 6.45) is 0. The molecule has 0 aromatic heterocycles. The summed E-state index contributed by atoms with van der Waals surface area (Å²) < 4.78 is 0. The van der Waals surface area contributed by atoms with Gasteiger partial charge in [0.25, 0.3) is 0 Å². The minimum atomic E-state index is -3.72. The molecule has 13 heteroatoms. The van der Waals surface area contributed by atoms with E-state index < -0.39 is 11.4 Å². The molecule has 0 fully saturated rings. The van der Waals surface area contributed by atoms with E-state index >= 15 is 0 Å². The summed E-state index contributed by atoms with van der Waals surface area (Å²) >= 11 is 14.6. The van der Waals surface area contributed by atoms with Crippen LogP contribution in [0.4, 0.5) is 0 Å². The van der Waals surface area contributed by atoms with Crippen molar-refractivity contribution >= 4 is 59.5 Å². The molecule has 13 heavy (non-hydrogen) atoms. The maximum absolute atomic E-state index is 9.29. The second kappa shape index (κ2) is 13.5. The molecular formula is Cu3O4P2S4. The van der Waals surface area contributed by atoms with Gasteiger partial charge in [0, 0.05) is 0 Å². The molecule has 0 spiro atoms. The molecule has 0 amide bonds. The van der Waals surface area contributed by atoms with E-state index in [1.165, 1.54) is 0 Å². The third-order valence-electron chi connectivity index (χ3n) is 0. The number of hydrogen-bond acceptors (Lipinski definition) is 8. The average molecular weight is 445 g/mol. The molecule has 0 heterocycles. The normalized spacial score (nSPS) is 9.08. The van der Waals surface area contributed by atoms with Crippen molar-refractivity contribution in [3.05, 3.63) is 0 Å². The Hall–Kier alpha value is 3.40. The van der Waals surface area contributed by atoms with Crippen molar-refractivity contribution in [2.45, 2.75) is 0 Å². The van der Waals surface area contributed by atoms with Crippen molar-refractivity contribution in [2.75, 3.05) is 0 Å². The Kier molecular flexibility index (Phi) is 31.0. The van der Waals surface area contributed by atoms with Crippen molar-refractivity contribution in [1.29, 1.82) is 0 Å². The van der Waals surface area contributed by atoms with Gasteiger partial charge in [0.15, 0.2) is 0 Å². The van der Waals surface area contributed by atoms with Gasteiger partial charge < -0.3 is 55.5 Å². The third kappa shape index (κ3) is 239. The molecule has 0 aliphatic heterocycles. The van der Waals surface area contributed by atoms with Crippen molar-refractivity contribution in [1.82, 2.24) is 0 Å². The minimum Gasteiger partial charge on any atom is -0.850 e. The van der Waals surface area contributed by atoms with Crippen LogP contribution < -0.4 is 19.6 Å². The quantitative estimate of drug-likeness (QED) is 0.221. The van der Waals surface area contributed by atoms with Crippen LogP contribution in [0.25, 0.3) is 0 Å². The largest absolute Gasteiger partial charge is 2.00 e. The van der Waals surface area contributed by atoms with Gasteiger partial charge in [0.1, 0.15) is 0 Å². The first-order valence-corrected chi connectivity index (χ1v) is 8.76. The number of rotatable bonds is 0. The van der Waals surface area contributed by atoms with Gasteiger partial charge in [0.2, 0.25) is 0 Å². The second-order valence-electron chi connectivity index (χ2n) is 0.894. The average Bonchev–Trinajstić information content (AvgIpc) is 1.12. The zero-order valence-electron chi connectivity index (χ0n) is 5.06. The third-order valence-corrected chi connectivity index (χ3v) is 0. The van der Waals surface area contributed by atoms with Crippen molar-refractivity contribution < 1.29 is 70.8 Å². The summed E-state index contributed by atoms with van der Waals surface area (Å²) in [5, 5.41) is 0. The van der Waals surface area contributed by atoms with Crippen LogP contribution in [-0.2, 0) is 99.3 Å². The molecule has 0 bridgehead atoms. The van der Waals surface area contributed by atoms with Gasteiger partial charge in [-0.25, -0.2) is 0 Å². The van der Waals surface area contributed by atoms with Gasteiger partial charge in [-0.2, -0.15) is 23.6 Å². The Morgan fingerprint density at radius 1 is 0.692 bits per heavy atom. The molecule has 0 unspecified atom stereocenters. The summed E-state index contributed by atoms with van der Waals surface area (Å²) in [7, 11) is 0. The van der Waals surface area contributed by atoms with Gasteiger partial charge in [0.05, 0.1) is 0 Å². The maximum Gasteiger partial charge on any atom is 2.00 e. The smallest absolute Gasteiger partial charge is 0.850 e. The van der Waals surface area contributed by atoms with Gasteiger partial charge >= 0.3 is 51.2 Å². The second-order valence-corrected chi connectivity index (χ2v) is 9.84. The standard InChI is InChI=1S/3Cu.2H3O2PS2/c;;;2*1-3(2,4)5/h;;;2*(H3,1,2,4,5)/q3*+2;;/p-6. The van der Waals surface area contributed by atoms with E-state index in [1.807, 2.05) is 0 Å². The van der Waals surface area contributed by atoms with Crippen LogP contribution in [0.15, 0.2) is 0 Å². The topological polar surface area (TPSA) is 92.2 Å². The van der Waals surface area contributed by atoms with Crippen LogP contribution >= 0.6 is 11.4 Å². The Morgan fingerprint density at radius 2 is 0.692 bits per heavy atom. The first kappa shape index (κ1) is 29.9. The molecule has 0 N–H and O–H groups in total. The minimum absolute atomic E-state index is 0. The monoisotopic (exact) mass is 443 g/mol. The van der Waals surface area contributed by atoms with Crippen LogP contribution in [0, 0.1) is 0 Å². The van der Waals surface area contributed by atoms with E-state index in [0.29, 0.717) is 0 Å². The first-order valence-electron chi connectivity index (χ1n) is 1.46. The molecule has 0 aliphatic carbocycles. The molecule has 0 atom stereocenters. The summed E-state index contributed by atoms with van der Waals surface area (Å²) in [4.78, 5) is 37.2. The molecule has 0 aliphatic rings. The zero-order chi connectivity index (χ0) is 9.00. The zero-order valence-corrected chi connectivity index (χ0v) is 12.9. The van der Waals surface area contributed by atoms with E-state index in [1.54, 1.807) is 0 Å². The van der Waals surface area contributed by atoms with E-state index in [-0.39, 0.29) is 51.2 Å². The maximum atomic E-state index is 9.29. The van der Waals surface area contributed by atoms with Gasteiger partial charge in [-0.05, 0) is 0 Å². The summed E-state index contributed by atoms with van der Waals surface area (Å²) in [6, 6.07) is 0. The number of hydrogen-bond donors (Lipinski definition) is 0. The summed E-state index contributed by atoms with van der Waals surface area (Å²) in [5.74, 6) is 0. The van der Waals surface area contributed by atoms with Gasteiger partial charge in [-0.15, -0.1) is 0 Å². The Morgan fingerprint density at radius 3 is 0.692 bits per heavy atom. The predicted octanol–water partition coefficient (Wildman–Crippen LogP) is -3.05. The SMILES string of the molecule is [Cu+2].[Cu+2].[Cu+2].[O-]P([O-])(=S)[S-].[O-]P([O-])(=S)[S-]. The fraction of sp³-hybridized carbons (Fsp3) is 0. The van der Waals surface area contributed by atoms with E-state index in [2.05, 4.69) is 48.1 Å². The van der Waals surface area contributed by atoms with Crippen molar-refractivity contribution in [3.8, 4) is 0 Å². The van der Waals surface area contributed by atoms with E-state index in [4.69, 9.17) is 0 Å². The molecule has 4 nitrogen and oxygen atoms in total. The molecule has 0 aromatic rings. The molecule has 3 radical (unpaired) electrons. The van der Waals surface area contributed by atoms with Crippen LogP contribution in [-0.4, -0.2) is 0 Å². The van der Waals surface area contributed by atoms with Gasteiger partial charge in [-0.3, -0.25) is 0 Å². The molecule has 0 saturated heterocycles. The van der Waals surface area contributed by atoms with Crippen LogP contribution in [0.5, 0.6) is 0 Å². The van der Waals surface area contributed by atoms with Crippen LogP contribution in [0.3, 0.4) is 0 Å². The summed E-state index contributed by atoms with van der Waals surface area (Å²) in [6.45, 7) is 0. The van der Waals surface area contributed by atoms with Gasteiger partial charge in [-0.1, -0.05) is 0 Å². The molecular weight excluding hydrogens is 445 g/mol. The summed E-state index contributed by atoms with van der Waals surface area (Å²) in [5.41, 5.74) is -7.44. The Bertz CT molecular complexity index is 138.